The van der Waals surface area contributed by atoms with Crippen LogP contribution in [0.1, 0.15) is 18.4 Å². The van der Waals surface area contributed by atoms with Crippen molar-refractivity contribution in [3.8, 4) is 5.75 Å². The van der Waals surface area contributed by atoms with Crippen molar-refractivity contribution in [1.82, 2.24) is 10.6 Å². The maximum absolute atomic E-state index is 12.8. The molecule has 1 aromatic carbocycles. The maximum Gasteiger partial charge on any atom is 0.407 e. The molecule has 0 unspecified atom stereocenters. The van der Waals surface area contributed by atoms with E-state index >= 15 is 0 Å². The summed E-state index contributed by atoms with van der Waals surface area (Å²) in [5, 5.41) is 15.6. The van der Waals surface area contributed by atoms with Gasteiger partial charge in [-0.3, -0.25) is 0 Å². The van der Waals surface area contributed by atoms with Crippen molar-refractivity contribution in [1.29, 1.82) is 0 Å². The monoisotopic (exact) mass is 356 g/mol. The van der Waals surface area contributed by atoms with Crippen LogP contribution in [0.5, 0.6) is 5.75 Å². The second-order valence-corrected chi connectivity index (χ2v) is 6.61. The van der Waals surface area contributed by atoms with E-state index in [0.29, 0.717) is 13.0 Å². The van der Waals surface area contributed by atoms with E-state index in [4.69, 9.17) is 9.47 Å². The van der Waals surface area contributed by atoms with Crippen molar-refractivity contribution in [2.45, 2.75) is 49.5 Å². The molecular formula is C17H22F2N2O4. The third-order valence-electron chi connectivity index (χ3n) is 4.63. The largest absolute Gasteiger partial charge is 0.497 e. The Hall–Kier alpha value is -1.93. The molecule has 0 radical (unpaired) electrons. The van der Waals surface area contributed by atoms with Gasteiger partial charge in [0.1, 0.15) is 18.0 Å². The highest BCUT2D eigenvalue weighted by Gasteiger charge is 2.46. The summed E-state index contributed by atoms with van der Waals surface area (Å²) in [7, 11) is 1.59. The molecule has 138 valence electrons. The molecule has 3 rings (SSSR count). The van der Waals surface area contributed by atoms with Crippen LogP contribution in [0.25, 0.3) is 0 Å². The van der Waals surface area contributed by atoms with Crippen molar-refractivity contribution in [2.75, 3.05) is 13.7 Å². The van der Waals surface area contributed by atoms with E-state index in [1.54, 1.807) is 7.11 Å². The minimum Gasteiger partial charge on any atom is -0.497 e. The number of rotatable bonds is 5. The number of ether oxygens (including phenoxy) is 2. The van der Waals surface area contributed by atoms with Gasteiger partial charge in [-0.25, -0.2) is 13.6 Å². The standard InChI is InChI=1S/C17H22F2N2O4/c1-24-12-4-2-10(3-5-12)6-13-15(14(22)9-20-13)25-16(23)21-11-7-17(18,19)8-11/h2-5,11,13-15,20,22H,6-9H2,1H3,(H,21,23)/t13-,14+,15+/m1/s1. The normalized spacial score (nSPS) is 28.2. The number of alkyl carbamates (subject to hydrolysis) is 1. The average molecular weight is 356 g/mol. The number of amides is 1. The fraction of sp³-hybridized carbons (Fsp3) is 0.588. The summed E-state index contributed by atoms with van der Waals surface area (Å²) < 4.78 is 36.0. The van der Waals surface area contributed by atoms with Crippen LogP contribution in [0, 0.1) is 0 Å². The Kier molecular flexibility index (Phi) is 5.10. The van der Waals surface area contributed by atoms with Crippen LogP contribution in [0.2, 0.25) is 0 Å². The number of carbonyl (C=O) groups is 1. The number of nitrogens with one attached hydrogen (secondary N) is 2. The first kappa shape index (κ1) is 17.9. The zero-order valence-electron chi connectivity index (χ0n) is 13.9. The van der Waals surface area contributed by atoms with E-state index in [1.165, 1.54) is 0 Å². The zero-order chi connectivity index (χ0) is 18.0. The van der Waals surface area contributed by atoms with Gasteiger partial charge < -0.3 is 25.2 Å². The van der Waals surface area contributed by atoms with E-state index < -0.39 is 30.3 Å². The van der Waals surface area contributed by atoms with Crippen molar-refractivity contribution >= 4 is 6.09 Å². The number of aliphatic hydroxyl groups is 1. The summed E-state index contributed by atoms with van der Waals surface area (Å²) in [6.45, 7) is 0.306. The Labute approximate surface area is 144 Å². The number of β-amino-alcohol motifs (C(OH)–C–C–N with tert-alkyl or cyclic N) is 1. The molecule has 1 aromatic rings. The van der Waals surface area contributed by atoms with Crippen LogP contribution >= 0.6 is 0 Å². The van der Waals surface area contributed by atoms with Gasteiger partial charge in [-0.05, 0) is 24.1 Å². The molecule has 8 heteroatoms. The quantitative estimate of drug-likeness (QED) is 0.744. The number of methoxy groups -OCH3 is 1. The van der Waals surface area contributed by atoms with Crippen molar-refractivity contribution in [2.24, 2.45) is 0 Å². The van der Waals surface area contributed by atoms with E-state index in [-0.39, 0.29) is 18.9 Å². The van der Waals surface area contributed by atoms with Crippen molar-refractivity contribution in [3.63, 3.8) is 0 Å². The van der Waals surface area contributed by atoms with Gasteiger partial charge in [-0.2, -0.15) is 0 Å². The molecule has 1 saturated carbocycles. The van der Waals surface area contributed by atoms with Gasteiger partial charge in [0.15, 0.2) is 0 Å². The smallest absolute Gasteiger partial charge is 0.407 e. The van der Waals surface area contributed by atoms with Gasteiger partial charge in [0.25, 0.3) is 5.92 Å². The first-order valence-electron chi connectivity index (χ1n) is 8.26. The third kappa shape index (κ3) is 4.38. The van der Waals surface area contributed by atoms with E-state index in [2.05, 4.69) is 10.6 Å². The third-order valence-corrected chi connectivity index (χ3v) is 4.63. The Morgan fingerprint density at radius 1 is 1.36 bits per heavy atom. The summed E-state index contributed by atoms with van der Waals surface area (Å²) in [4.78, 5) is 11.9. The summed E-state index contributed by atoms with van der Waals surface area (Å²) >= 11 is 0. The molecule has 3 N–H and O–H groups in total. The number of alkyl halides is 2. The van der Waals surface area contributed by atoms with Crippen LogP contribution in [-0.4, -0.2) is 55.1 Å². The molecule has 3 atom stereocenters. The number of aliphatic hydroxyl groups excluding tert-OH is 1. The van der Waals surface area contributed by atoms with Gasteiger partial charge in [0, 0.05) is 25.4 Å². The Morgan fingerprint density at radius 3 is 2.64 bits per heavy atom. The minimum absolute atomic E-state index is 0.253. The number of hydrogen-bond acceptors (Lipinski definition) is 5. The second-order valence-electron chi connectivity index (χ2n) is 6.61. The van der Waals surface area contributed by atoms with E-state index in [1.807, 2.05) is 24.3 Å². The van der Waals surface area contributed by atoms with Crippen molar-refractivity contribution < 1.29 is 28.2 Å². The average Bonchev–Trinajstić information content (AvgIpc) is 2.87. The Morgan fingerprint density at radius 2 is 2.04 bits per heavy atom. The molecule has 1 aliphatic carbocycles. The predicted molar refractivity (Wildman–Crippen MR) is 85.9 cm³/mol. The molecule has 25 heavy (non-hydrogen) atoms. The Balaban J connectivity index is 1.54. The summed E-state index contributed by atoms with van der Waals surface area (Å²) in [6, 6.07) is 6.64. The van der Waals surface area contributed by atoms with Crippen LogP contribution < -0.4 is 15.4 Å². The van der Waals surface area contributed by atoms with Crippen molar-refractivity contribution in [3.05, 3.63) is 29.8 Å². The fourth-order valence-corrected chi connectivity index (χ4v) is 3.22. The molecule has 2 aliphatic rings. The van der Waals surface area contributed by atoms with Gasteiger partial charge in [0.05, 0.1) is 13.2 Å². The van der Waals surface area contributed by atoms with Gasteiger partial charge in [-0.1, -0.05) is 12.1 Å². The SMILES string of the molecule is COc1ccc(C[C@H]2NC[C@H](O)[C@H]2OC(=O)NC2CC(F)(F)C2)cc1. The Bertz CT molecular complexity index is 603. The first-order chi connectivity index (χ1) is 11.9. The lowest BCUT2D eigenvalue weighted by Crippen LogP contribution is -2.52. The first-order valence-corrected chi connectivity index (χ1v) is 8.26. The summed E-state index contributed by atoms with van der Waals surface area (Å²) in [5.41, 5.74) is 1.00. The predicted octanol–water partition coefficient (Wildman–Crippen LogP) is 1.46. The zero-order valence-corrected chi connectivity index (χ0v) is 13.9. The molecule has 0 aromatic heterocycles. The lowest BCUT2D eigenvalue weighted by atomic mass is 9.88. The van der Waals surface area contributed by atoms with Gasteiger partial charge in [0.2, 0.25) is 0 Å². The molecule has 1 saturated heterocycles. The molecule has 1 heterocycles. The molecule has 0 spiro atoms. The minimum atomic E-state index is -2.71. The van der Waals surface area contributed by atoms with Crippen LogP contribution in [-0.2, 0) is 11.2 Å². The fourth-order valence-electron chi connectivity index (χ4n) is 3.22. The second kappa shape index (κ2) is 7.13. The van der Waals surface area contributed by atoms with Gasteiger partial charge >= 0.3 is 6.09 Å². The molecular weight excluding hydrogens is 334 g/mol. The lowest BCUT2D eigenvalue weighted by molar-refractivity contribution is -0.0925. The molecule has 1 aliphatic heterocycles. The van der Waals surface area contributed by atoms with Crippen LogP contribution in [0.3, 0.4) is 0 Å². The molecule has 0 bridgehead atoms. The molecule has 2 fully saturated rings. The van der Waals surface area contributed by atoms with Gasteiger partial charge in [-0.15, -0.1) is 0 Å². The van der Waals surface area contributed by atoms with Crippen LogP contribution in [0.4, 0.5) is 13.6 Å². The van der Waals surface area contributed by atoms with E-state index in [9.17, 15) is 18.7 Å². The summed E-state index contributed by atoms with van der Waals surface area (Å²) in [5.74, 6) is -1.96. The van der Waals surface area contributed by atoms with E-state index in [0.717, 1.165) is 11.3 Å². The van der Waals surface area contributed by atoms with Crippen LogP contribution in [0.15, 0.2) is 24.3 Å². The lowest BCUT2D eigenvalue weighted by Gasteiger charge is -2.35. The maximum atomic E-state index is 12.8. The summed E-state index contributed by atoms with van der Waals surface area (Å²) in [6.07, 6.45) is -2.53. The number of carbonyl (C=O) groups excluding carboxylic acids is 1. The number of halogens is 2. The number of hydrogen-bond donors (Lipinski definition) is 3. The molecule has 1 amide bonds. The highest BCUT2D eigenvalue weighted by Crippen LogP contribution is 2.37. The topological polar surface area (TPSA) is 79.8 Å². The highest BCUT2D eigenvalue weighted by atomic mass is 19.3. The highest BCUT2D eigenvalue weighted by molar-refractivity contribution is 5.68. The molecule has 6 nitrogen and oxygen atoms in total. The number of benzene rings is 1.